The highest BCUT2D eigenvalue weighted by Gasteiger charge is 2.33. The van der Waals surface area contributed by atoms with Crippen LogP contribution in [-0.2, 0) is 4.79 Å². The van der Waals surface area contributed by atoms with Gasteiger partial charge >= 0.3 is 0 Å². The first-order valence-electron chi connectivity index (χ1n) is 9.06. The average molecular weight is 382 g/mol. The van der Waals surface area contributed by atoms with E-state index in [2.05, 4.69) is 5.32 Å². The van der Waals surface area contributed by atoms with Crippen molar-refractivity contribution in [3.8, 4) is 0 Å². The monoisotopic (exact) mass is 382 g/mol. The van der Waals surface area contributed by atoms with Gasteiger partial charge in [-0.3, -0.25) is 19.7 Å². The number of rotatable bonds is 6. The van der Waals surface area contributed by atoms with Gasteiger partial charge in [-0.25, -0.2) is 0 Å². The van der Waals surface area contributed by atoms with Gasteiger partial charge in [-0.2, -0.15) is 0 Å². The van der Waals surface area contributed by atoms with Crippen molar-refractivity contribution in [1.29, 1.82) is 0 Å². The van der Waals surface area contributed by atoms with Crippen molar-refractivity contribution in [2.24, 2.45) is 5.73 Å². The molecule has 2 aromatic rings. The second-order valence-electron chi connectivity index (χ2n) is 6.79. The van der Waals surface area contributed by atoms with Crippen molar-refractivity contribution >= 4 is 17.5 Å². The number of nitrogens with zero attached hydrogens (tertiary/aromatic N) is 2. The highest BCUT2D eigenvalue weighted by Crippen LogP contribution is 2.26. The van der Waals surface area contributed by atoms with Crippen molar-refractivity contribution in [1.82, 2.24) is 10.2 Å². The third-order valence-corrected chi connectivity index (χ3v) is 4.91. The predicted molar refractivity (Wildman–Crippen MR) is 104 cm³/mol. The summed E-state index contributed by atoms with van der Waals surface area (Å²) < 4.78 is 0. The molecule has 3 N–H and O–H groups in total. The molecule has 0 bridgehead atoms. The first kappa shape index (κ1) is 19.5. The van der Waals surface area contributed by atoms with Crippen LogP contribution in [0.5, 0.6) is 0 Å². The molecule has 0 aliphatic carbocycles. The molecule has 1 heterocycles. The minimum absolute atomic E-state index is 0.0575. The summed E-state index contributed by atoms with van der Waals surface area (Å²) in [6.45, 7) is 1.26. The third-order valence-electron chi connectivity index (χ3n) is 4.91. The lowest BCUT2D eigenvalue weighted by molar-refractivity contribution is -0.384. The zero-order chi connectivity index (χ0) is 20.1. The number of likely N-dealkylation sites (tertiary alicyclic amines) is 1. The fraction of sp³-hybridized carbons (Fsp3) is 0.300. The van der Waals surface area contributed by atoms with Crippen LogP contribution in [0, 0.1) is 10.1 Å². The number of amides is 2. The molecule has 1 fully saturated rings. The SMILES string of the molecule is N[C@@H]1CN(C(=O)CCNC(=O)c2ccc([N+](=O)[O-])cc2)C[C@H]1c1ccccc1. The first-order valence-corrected chi connectivity index (χ1v) is 9.06. The minimum Gasteiger partial charge on any atom is -0.352 e. The maximum Gasteiger partial charge on any atom is 0.269 e. The number of carbonyl (C=O) groups excluding carboxylic acids is 2. The summed E-state index contributed by atoms with van der Waals surface area (Å²) in [5.41, 5.74) is 7.57. The molecule has 0 aromatic heterocycles. The van der Waals surface area contributed by atoms with E-state index in [1.807, 2.05) is 30.3 Å². The molecular formula is C20H22N4O4. The van der Waals surface area contributed by atoms with Gasteiger partial charge in [0, 0.05) is 55.7 Å². The number of nitro benzene ring substituents is 1. The number of non-ortho nitro benzene ring substituents is 1. The molecule has 3 rings (SSSR count). The van der Waals surface area contributed by atoms with E-state index >= 15 is 0 Å². The highest BCUT2D eigenvalue weighted by molar-refractivity contribution is 5.94. The van der Waals surface area contributed by atoms with Gasteiger partial charge in [0.1, 0.15) is 0 Å². The third kappa shape index (κ3) is 4.52. The lowest BCUT2D eigenvalue weighted by Crippen LogP contribution is -2.34. The number of nitrogens with one attached hydrogen (secondary N) is 1. The van der Waals surface area contributed by atoms with Crippen LogP contribution in [0.4, 0.5) is 5.69 Å². The Bertz CT molecular complexity index is 854. The van der Waals surface area contributed by atoms with Gasteiger partial charge in [0.2, 0.25) is 5.91 Å². The molecule has 1 aliphatic heterocycles. The molecule has 8 heteroatoms. The lowest BCUT2D eigenvalue weighted by Gasteiger charge is -2.16. The topological polar surface area (TPSA) is 119 Å². The van der Waals surface area contributed by atoms with E-state index in [0.717, 1.165) is 5.56 Å². The first-order chi connectivity index (χ1) is 13.5. The maximum atomic E-state index is 12.4. The molecule has 2 amide bonds. The van der Waals surface area contributed by atoms with Gasteiger partial charge in [0.25, 0.3) is 11.6 Å². The largest absolute Gasteiger partial charge is 0.352 e. The van der Waals surface area contributed by atoms with Gasteiger partial charge < -0.3 is 16.0 Å². The molecule has 28 heavy (non-hydrogen) atoms. The quantitative estimate of drug-likeness (QED) is 0.582. The number of nitro groups is 1. The summed E-state index contributed by atoms with van der Waals surface area (Å²) in [5, 5.41) is 13.3. The molecule has 146 valence electrons. The van der Waals surface area contributed by atoms with Crippen LogP contribution in [0.2, 0.25) is 0 Å². The van der Waals surface area contributed by atoms with E-state index < -0.39 is 4.92 Å². The fourth-order valence-corrected chi connectivity index (χ4v) is 3.36. The van der Waals surface area contributed by atoms with Crippen LogP contribution in [0.3, 0.4) is 0 Å². The Balaban J connectivity index is 1.48. The van der Waals surface area contributed by atoms with Gasteiger partial charge in [0.15, 0.2) is 0 Å². The molecule has 8 nitrogen and oxygen atoms in total. The summed E-state index contributed by atoms with van der Waals surface area (Å²) in [6.07, 6.45) is 0.174. The molecular weight excluding hydrogens is 360 g/mol. The molecule has 0 radical (unpaired) electrons. The Kier molecular flexibility index (Phi) is 6.00. The van der Waals surface area contributed by atoms with Crippen molar-refractivity contribution in [2.45, 2.75) is 18.4 Å². The van der Waals surface area contributed by atoms with E-state index in [0.29, 0.717) is 18.7 Å². The van der Waals surface area contributed by atoms with Crippen LogP contribution < -0.4 is 11.1 Å². The molecule has 2 aromatic carbocycles. The highest BCUT2D eigenvalue weighted by atomic mass is 16.6. The Hall–Kier alpha value is -3.26. The predicted octanol–water partition coefficient (Wildman–Crippen LogP) is 1.67. The Morgan fingerprint density at radius 3 is 2.43 bits per heavy atom. The Morgan fingerprint density at radius 1 is 1.11 bits per heavy atom. The fourth-order valence-electron chi connectivity index (χ4n) is 3.36. The van der Waals surface area contributed by atoms with Crippen LogP contribution >= 0.6 is 0 Å². The van der Waals surface area contributed by atoms with Crippen LogP contribution in [0.15, 0.2) is 54.6 Å². The number of hydrogen-bond acceptors (Lipinski definition) is 5. The number of carbonyl (C=O) groups is 2. The average Bonchev–Trinajstić information content (AvgIpc) is 3.10. The van der Waals surface area contributed by atoms with Gasteiger partial charge in [-0.05, 0) is 17.7 Å². The van der Waals surface area contributed by atoms with Crippen molar-refractivity contribution in [2.75, 3.05) is 19.6 Å². The van der Waals surface area contributed by atoms with E-state index in [4.69, 9.17) is 5.73 Å². The number of hydrogen-bond donors (Lipinski definition) is 2. The molecule has 1 saturated heterocycles. The van der Waals surface area contributed by atoms with E-state index in [-0.39, 0.29) is 42.4 Å². The summed E-state index contributed by atoms with van der Waals surface area (Å²) in [7, 11) is 0. The number of nitrogens with two attached hydrogens (primary N) is 1. The maximum absolute atomic E-state index is 12.4. The standard InChI is InChI=1S/C20H22N4O4/c21-18-13-23(12-17(18)14-4-2-1-3-5-14)19(25)10-11-22-20(26)15-6-8-16(9-7-15)24(27)28/h1-9,17-18H,10-13,21H2,(H,22,26)/t17-,18+/m0/s1. The van der Waals surface area contributed by atoms with Crippen LogP contribution in [0.25, 0.3) is 0 Å². The summed E-state index contributed by atoms with van der Waals surface area (Å²) in [5.74, 6) is -0.319. The molecule has 0 spiro atoms. The molecule has 1 aliphatic rings. The molecule has 0 saturated carbocycles. The van der Waals surface area contributed by atoms with Gasteiger partial charge in [0.05, 0.1) is 4.92 Å². The summed E-state index contributed by atoms with van der Waals surface area (Å²) in [4.78, 5) is 36.4. The Morgan fingerprint density at radius 2 is 1.79 bits per heavy atom. The van der Waals surface area contributed by atoms with Crippen molar-refractivity contribution < 1.29 is 14.5 Å². The van der Waals surface area contributed by atoms with Crippen LogP contribution in [0.1, 0.15) is 28.3 Å². The lowest BCUT2D eigenvalue weighted by atomic mass is 9.95. The van der Waals surface area contributed by atoms with E-state index in [9.17, 15) is 19.7 Å². The molecule has 0 unspecified atom stereocenters. The van der Waals surface area contributed by atoms with Gasteiger partial charge in [-0.15, -0.1) is 0 Å². The smallest absolute Gasteiger partial charge is 0.269 e. The Labute approximate surface area is 162 Å². The summed E-state index contributed by atoms with van der Waals surface area (Å²) in [6, 6.07) is 15.1. The van der Waals surface area contributed by atoms with E-state index in [1.165, 1.54) is 24.3 Å². The normalized spacial score (nSPS) is 18.7. The second kappa shape index (κ2) is 8.62. The van der Waals surface area contributed by atoms with Gasteiger partial charge in [-0.1, -0.05) is 30.3 Å². The minimum atomic E-state index is -0.524. The number of benzene rings is 2. The summed E-state index contributed by atoms with van der Waals surface area (Å²) >= 11 is 0. The van der Waals surface area contributed by atoms with Crippen molar-refractivity contribution in [3.63, 3.8) is 0 Å². The van der Waals surface area contributed by atoms with Crippen LogP contribution in [-0.4, -0.2) is 47.3 Å². The van der Waals surface area contributed by atoms with Crippen molar-refractivity contribution in [3.05, 3.63) is 75.8 Å². The zero-order valence-electron chi connectivity index (χ0n) is 15.3. The zero-order valence-corrected chi connectivity index (χ0v) is 15.3. The molecule has 2 atom stereocenters. The second-order valence-corrected chi connectivity index (χ2v) is 6.79. The van der Waals surface area contributed by atoms with E-state index in [1.54, 1.807) is 4.90 Å².